The third-order valence-electron chi connectivity index (χ3n) is 9.52. The molecule has 0 spiro atoms. The number of aliphatic carboxylic acids is 1. The van der Waals surface area contributed by atoms with Gasteiger partial charge in [0.2, 0.25) is 17.7 Å². The summed E-state index contributed by atoms with van der Waals surface area (Å²) in [6.45, 7) is 3.25. The van der Waals surface area contributed by atoms with Gasteiger partial charge >= 0.3 is 12.1 Å². The van der Waals surface area contributed by atoms with E-state index < -0.39 is 76.0 Å². The number of hydrogen-bond donors (Lipinski definition) is 3. The molecule has 16 nitrogen and oxygen atoms in total. The van der Waals surface area contributed by atoms with Crippen molar-refractivity contribution in [2.75, 3.05) is 27.2 Å². The Labute approximate surface area is 274 Å². The number of hydrogen-bond acceptors (Lipinski definition) is 11. The number of nitrogens with zero attached hydrogens (tertiary/aromatic N) is 5. The predicted octanol–water partition coefficient (Wildman–Crippen LogP) is 0.578. The first-order valence-corrected chi connectivity index (χ1v) is 16.1. The number of carbonyl (C=O) groups is 5. The van der Waals surface area contributed by atoms with Gasteiger partial charge in [-0.15, -0.1) is 11.8 Å². The molecule has 3 fully saturated rings. The van der Waals surface area contributed by atoms with Crippen molar-refractivity contribution in [2.24, 2.45) is 17.6 Å². The molecule has 4 N–H and O–H groups in total. The molecule has 4 aliphatic heterocycles. The van der Waals surface area contributed by atoms with E-state index in [1.807, 2.05) is 19.0 Å². The zero-order chi connectivity index (χ0) is 34.5. The highest BCUT2D eigenvalue weighted by atomic mass is 32.2. The fourth-order valence-corrected chi connectivity index (χ4v) is 8.54. The van der Waals surface area contributed by atoms with Gasteiger partial charge in [-0.25, -0.2) is 9.59 Å². The zero-order valence-corrected chi connectivity index (χ0v) is 27.2. The van der Waals surface area contributed by atoms with E-state index in [4.69, 9.17) is 10.5 Å². The summed E-state index contributed by atoms with van der Waals surface area (Å²) >= 11 is 1.18. The first-order valence-electron chi connectivity index (χ1n) is 15.2. The van der Waals surface area contributed by atoms with Crippen molar-refractivity contribution in [1.82, 2.24) is 19.6 Å². The molecule has 3 saturated heterocycles. The Kier molecular flexibility index (Phi) is 9.52. The molecule has 254 valence electrons. The maximum Gasteiger partial charge on any atom is 0.410 e. The lowest BCUT2D eigenvalue weighted by molar-refractivity contribution is -0.384. The lowest BCUT2D eigenvalue weighted by Gasteiger charge is -2.46. The van der Waals surface area contributed by atoms with Gasteiger partial charge in [-0.2, -0.15) is 0 Å². The molecule has 1 aromatic rings. The number of nitrogens with two attached hydrogens (primary N) is 1. The highest BCUT2D eigenvalue weighted by molar-refractivity contribution is 8.03. The van der Waals surface area contributed by atoms with E-state index in [9.17, 15) is 44.3 Å². The molecular formula is C30H38N6O10S. The van der Waals surface area contributed by atoms with Gasteiger partial charge < -0.3 is 35.4 Å². The van der Waals surface area contributed by atoms with Crippen LogP contribution in [-0.4, -0.2) is 127 Å². The summed E-state index contributed by atoms with van der Waals surface area (Å²) in [5.74, 6) is -4.08. The van der Waals surface area contributed by atoms with Crippen molar-refractivity contribution < 1.29 is 43.8 Å². The molecule has 8 atom stereocenters. The number of likely N-dealkylation sites (N-methyl/N-ethyl adjacent to an activating group) is 1. The van der Waals surface area contributed by atoms with Crippen molar-refractivity contribution in [3.63, 3.8) is 0 Å². The molecule has 5 rings (SSSR count). The number of nitro groups is 1. The number of ether oxygens (including phenoxy) is 1. The maximum absolute atomic E-state index is 14.1. The van der Waals surface area contributed by atoms with Crippen LogP contribution < -0.4 is 5.73 Å². The quantitative estimate of drug-likeness (QED) is 0.176. The third kappa shape index (κ3) is 6.26. The maximum atomic E-state index is 14.1. The van der Waals surface area contributed by atoms with E-state index in [-0.39, 0.29) is 43.5 Å². The number of aliphatic hydroxyl groups is 1. The number of likely N-dealkylation sites (tertiary alicyclic amines) is 2. The topological polar surface area (TPSA) is 217 Å². The fraction of sp³-hybridized carbons (Fsp3) is 0.567. The molecule has 0 radical (unpaired) electrons. The lowest BCUT2D eigenvalue weighted by Crippen LogP contribution is -2.63. The first-order chi connectivity index (χ1) is 22.1. The summed E-state index contributed by atoms with van der Waals surface area (Å²) in [5, 5.41) is 30.8. The molecule has 4 aliphatic rings. The van der Waals surface area contributed by atoms with Crippen LogP contribution >= 0.6 is 11.8 Å². The molecular weight excluding hydrogens is 636 g/mol. The van der Waals surface area contributed by atoms with Crippen molar-refractivity contribution in [3.05, 3.63) is 50.5 Å². The number of rotatable bonds is 10. The first kappa shape index (κ1) is 34.1. The number of aliphatic hydroxyl groups excluding tert-OH is 1. The van der Waals surface area contributed by atoms with E-state index in [1.54, 1.807) is 6.92 Å². The van der Waals surface area contributed by atoms with Crippen LogP contribution in [0, 0.1) is 22.0 Å². The minimum atomic E-state index is -1.29. The van der Waals surface area contributed by atoms with E-state index in [0.717, 1.165) is 0 Å². The highest BCUT2D eigenvalue weighted by Gasteiger charge is 2.60. The number of nitro benzene ring substituents is 1. The zero-order valence-electron chi connectivity index (χ0n) is 26.3. The summed E-state index contributed by atoms with van der Waals surface area (Å²) < 4.78 is 5.54. The summed E-state index contributed by atoms with van der Waals surface area (Å²) in [6.07, 6.45) is -1.37. The van der Waals surface area contributed by atoms with Gasteiger partial charge in [0.1, 0.15) is 24.4 Å². The van der Waals surface area contributed by atoms with Gasteiger partial charge in [0.05, 0.1) is 23.0 Å². The van der Waals surface area contributed by atoms with Gasteiger partial charge in [-0.1, -0.05) is 6.92 Å². The highest BCUT2D eigenvalue weighted by Crippen LogP contribution is 2.52. The average Bonchev–Trinajstić information content (AvgIpc) is 3.70. The summed E-state index contributed by atoms with van der Waals surface area (Å²) in [7, 11) is 3.65. The Morgan fingerprint density at radius 2 is 1.79 bits per heavy atom. The van der Waals surface area contributed by atoms with Crippen molar-refractivity contribution in [1.29, 1.82) is 0 Å². The van der Waals surface area contributed by atoms with Crippen LogP contribution in [0.2, 0.25) is 0 Å². The number of β-lactam (4-membered cyclic amide) rings is 1. The van der Waals surface area contributed by atoms with Gasteiger partial charge in [0.25, 0.3) is 5.69 Å². The summed E-state index contributed by atoms with van der Waals surface area (Å²) in [4.78, 5) is 81.8. The molecule has 4 amide bonds. The summed E-state index contributed by atoms with van der Waals surface area (Å²) in [5.41, 5.74) is 5.87. The Morgan fingerprint density at radius 3 is 2.34 bits per heavy atom. The molecule has 0 aromatic heterocycles. The normalized spacial score (nSPS) is 29.2. The number of amides is 4. The molecule has 1 aromatic carbocycles. The molecule has 47 heavy (non-hydrogen) atoms. The Bertz CT molecular complexity index is 1520. The van der Waals surface area contributed by atoms with Crippen molar-refractivity contribution >= 4 is 47.2 Å². The molecule has 0 saturated carbocycles. The number of fused-ring (bicyclic) bond motifs is 1. The van der Waals surface area contributed by atoms with Crippen LogP contribution in [0.1, 0.15) is 32.3 Å². The van der Waals surface area contributed by atoms with E-state index in [0.29, 0.717) is 16.9 Å². The van der Waals surface area contributed by atoms with Gasteiger partial charge in [0, 0.05) is 47.3 Å². The van der Waals surface area contributed by atoms with Crippen LogP contribution in [0.4, 0.5) is 10.5 Å². The summed E-state index contributed by atoms with van der Waals surface area (Å²) in [6, 6.07) is 2.85. The SMILES string of the molecule is CC(O)[C@@H]1C(=O)N2C(C(=O)O)=C(S[C@H]3C[C@@H](C(=O)N4CC(N(C)C)CC4C(N)=O)N(C(=O)OCc4ccc([N+](=O)[O-])cc4)C3)[C@H](C)[C@@H]12. The van der Waals surface area contributed by atoms with E-state index in [1.165, 1.54) is 57.7 Å². The number of carboxylic acid groups (broad SMARTS) is 1. The van der Waals surface area contributed by atoms with Gasteiger partial charge in [0.15, 0.2) is 0 Å². The fourth-order valence-electron chi connectivity index (χ4n) is 7.01. The number of thioether (sulfide) groups is 1. The lowest BCUT2D eigenvalue weighted by atomic mass is 9.79. The van der Waals surface area contributed by atoms with Gasteiger partial charge in [-0.3, -0.25) is 29.4 Å². The van der Waals surface area contributed by atoms with Crippen molar-refractivity contribution in [3.8, 4) is 0 Å². The van der Waals surface area contributed by atoms with Crippen LogP contribution in [0.5, 0.6) is 0 Å². The molecule has 0 aliphatic carbocycles. The number of primary amides is 1. The Morgan fingerprint density at radius 1 is 1.13 bits per heavy atom. The van der Waals surface area contributed by atoms with E-state index in [2.05, 4.69) is 0 Å². The molecule has 3 unspecified atom stereocenters. The van der Waals surface area contributed by atoms with Crippen LogP contribution in [0.15, 0.2) is 34.9 Å². The standard InChI is InChI=1S/C30H38N6O10S/c1-14-23-22(15(2)37)28(40)35(23)24(29(41)42)25(14)47-19-10-21(27(39)33-11-18(32(3)4)9-20(33)26(31)38)34(12-19)30(43)46-13-16-5-7-17(8-6-16)36(44)45/h5-8,14-15,18-23,37H,9-13H2,1-4H3,(H2,31,38)(H,41,42)/t14-,15?,18?,19+,20?,21+,22+,23+/m1/s1. The number of carboxylic acids is 1. The average molecular weight is 675 g/mol. The number of benzene rings is 1. The predicted molar refractivity (Wildman–Crippen MR) is 166 cm³/mol. The second kappa shape index (κ2) is 13.1. The molecule has 0 bridgehead atoms. The molecule has 17 heteroatoms. The Balaban J connectivity index is 1.40. The van der Waals surface area contributed by atoms with Gasteiger partial charge in [-0.05, 0) is 51.6 Å². The third-order valence-corrected chi connectivity index (χ3v) is 11.0. The minimum Gasteiger partial charge on any atom is -0.477 e. The largest absolute Gasteiger partial charge is 0.477 e. The number of carbonyl (C=O) groups excluding carboxylic acids is 4. The Hall–Kier alpha value is -4.22. The molecule has 4 heterocycles. The minimum absolute atomic E-state index is 0.00603. The monoisotopic (exact) mass is 674 g/mol. The van der Waals surface area contributed by atoms with E-state index >= 15 is 0 Å². The number of non-ortho nitro benzene ring substituents is 1. The van der Waals surface area contributed by atoms with Crippen LogP contribution in [-0.2, 0) is 30.5 Å². The second-order valence-corrected chi connectivity index (χ2v) is 14.0. The smallest absolute Gasteiger partial charge is 0.410 e. The van der Waals surface area contributed by atoms with Crippen LogP contribution in [0.25, 0.3) is 0 Å². The second-order valence-electron chi connectivity index (χ2n) is 12.7. The van der Waals surface area contributed by atoms with Crippen LogP contribution in [0.3, 0.4) is 0 Å². The van der Waals surface area contributed by atoms with Crippen molar-refractivity contribution in [2.45, 2.75) is 68.8 Å².